The highest BCUT2D eigenvalue weighted by Crippen LogP contribution is 2.17. The van der Waals surface area contributed by atoms with Gasteiger partial charge in [0.25, 0.3) is 5.91 Å². The Bertz CT molecular complexity index is 942. The number of amides is 2. The molecule has 0 aliphatic rings. The molecule has 0 saturated heterocycles. The first-order chi connectivity index (χ1) is 12.4. The Morgan fingerprint density at radius 3 is 2.50 bits per heavy atom. The van der Waals surface area contributed by atoms with Gasteiger partial charge in [-0.15, -0.1) is 0 Å². The number of hydrogen-bond donors (Lipinski definition) is 2. The van der Waals surface area contributed by atoms with Crippen molar-refractivity contribution in [2.75, 3.05) is 10.6 Å². The van der Waals surface area contributed by atoms with Gasteiger partial charge in [-0.3, -0.25) is 19.0 Å². The third kappa shape index (κ3) is 4.37. The largest absolute Gasteiger partial charge is 0.324 e. The second kappa shape index (κ2) is 7.52. The number of benzene rings is 1. The van der Waals surface area contributed by atoms with Crippen LogP contribution >= 0.6 is 15.9 Å². The fourth-order valence-electron chi connectivity index (χ4n) is 2.33. The Kier molecular flexibility index (Phi) is 5.17. The zero-order valence-corrected chi connectivity index (χ0v) is 15.8. The van der Waals surface area contributed by atoms with Gasteiger partial charge in [0, 0.05) is 30.8 Å². The zero-order valence-electron chi connectivity index (χ0n) is 14.2. The summed E-state index contributed by atoms with van der Waals surface area (Å²) in [5.41, 5.74) is 2.28. The quantitative estimate of drug-likeness (QED) is 0.668. The van der Waals surface area contributed by atoms with Gasteiger partial charge in [0.2, 0.25) is 5.91 Å². The number of halogens is 1. The number of anilines is 2. The molecule has 0 saturated carbocycles. The summed E-state index contributed by atoms with van der Waals surface area (Å²) in [6.07, 6.45) is 3.44. The topological polar surface area (TPSA) is 93.8 Å². The minimum atomic E-state index is -0.314. The molecule has 0 aliphatic carbocycles. The molecule has 0 aliphatic heterocycles. The lowest BCUT2D eigenvalue weighted by Gasteiger charge is -2.08. The molecule has 134 valence electrons. The van der Waals surface area contributed by atoms with Gasteiger partial charge in [-0.2, -0.15) is 10.2 Å². The smallest absolute Gasteiger partial charge is 0.276 e. The van der Waals surface area contributed by atoms with Crippen molar-refractivity contribution in [3.8, 4) is 0 Å². The van der Waals surface area contributed by atoms with E-state index >= 15 is 0 Å². The molecule has 2 heterocycles. The first-order valence-electron chi connectivity index (χ1n) is 7.81. The molecule has 9 heteroatoms. The fourth-order valence-corrected chi connectivity index (χ4v) is 2.64. The summed E-state index contributed by atoms with van der Waals surface area (Å²) in [6.45, 7) is 1.95. The third-order valence-electron chi connectivity index (χ3n) is 3.54. The standard InChI is InChI=1S/C17H17BrN6O2/c1-11-14(18)9-24(21-11)10-16(25)19-12-4-3-5-13(8-12)20-17(26)15-6-7-23(2)22-15/h3-9H,10H2,1-2H3,(H,19,25)(H,20,26). The number of hydrogen-bond acceptors (Lipinski definition) is 4. The van der Waals surface area contributed by atoms with Crippen LogP contribution in [0.2, 0.25) is 0 Å². The SMILES string of the molecule is Cc1nn(CC(=O)Nc2cccc(NC(=O)c3ccn(C)n3)c2)cc1Br. The lowest BCUT2D eigenvalue weighted by Crippen LogP contribution is -2.19. The summed E-state index contributed by atoms with van der Waals surface area (Å²) >= 11 is 3.36. The van der Waals surface area contributed by atoms with Gasteiger partial charge >= 0.3 is 0 Å². The summed E-state index contributed by atoms with van der Waals surface area (Å²) in [5.74, 6) is -0.529. The predicted molar refractivity (Wildman–Crippen MR) is 101 cm³/mol. The zero-order chi connectivity index (χ0) is 18.7. The molecule has 0 atom stereocenters. The van der Waals surface area contributed by atoms with E-state index in [-0.39, 0.29) is 18.4 Å². The van der Waals surface area contributed by atoms with E-state index < -0.39 is 0 Å². The lowest BCUT2D eigenvalue weighted by atomic mass is 10.2. The Morgan fingerprint density at radius 2 is 1.88 bits per heavy atom. The van der Waals surface area contributed by atoms with Gasteiger partial charge in [-0.1, -0.05) is 6.07 Å². The molecule has 3 rings (SSSR count). The third-order valence-corrected chi connectivity index (χ3v) is 4.32. The summed E-state index contributed by atoms with van der Waals surface area (Å²) < 4.78 is 3.96. The molecule has 2 amide bonds. The van der Waals surface area contributed by atoms with Crippen molar-refractivity contribution in [3.63, 3.8) is 0 Å². The van der Waals surface area contributed by atoms with Crippen LogP contribution < -0.4 is 10.6 Å². The molecule has 0 unspecified atom stereocenters. The molecule has 2 aromatic heterocycles. The predicted octanol–water partition coefficient (Wildman–Crippen LogP) is 2.58. The highest BCUT2D eigenvalue weighted by molar-refractivity contribution is 9.10. The van der Waals surface area contributed by atoms with Crippen LogP contribution in [0.15, 0.2) is 47.2 Å². The number of rotatable bonds is 5. The molecule has 26 heavy (non-hydrogen) atoms. The second-order valence-electron chi connectivity index (χ2n) is 5.72. The normalized spacial score (nSPS) is 10.6. The highest BCUT2D eigenvalue weighted by Gasteiger charge is 2.11. The minimum absolute atomic E-state index is 0.0942. The molecule has 1 aromatic carbocycles. The number of carbonyl (C=O) groups excluding carboxylic acids is 2. The maximum Gasteiger partial charge on any atom is 0.276 e. The van der Waals surface area contributed by atoms with E-state index in [0.29, 0.717) is 17.1 Å². The van der Waals surface area contributed by atoms with Crippen molar-refractivity contribution in [2.45, 2.75) is 13.5 Å². The summed E-state index contributed by atoms with van der Waals surface area (Å²) in [5, 5.41) is 13.8. The number of aryl methyl sites for hydroxylation is 2. The van der Waals surface area contributed by atoms with Crippen LogP contribution in [0.1, 0.15) is 16.2 Å². The fraction of sp³-hybridized carbons (Fsp3) is 0.176. The average Bonchev–Trinajstić information content (AvgIpc) is 3.13. The van der Waals surface area contributed by atoms with Crippen LogP contribution in [-0.2, 0) is 18.4 Å². The number of nitrogens with one attached hydrogen (secondary N) is 2. The minimum Gasteiger partial charge on any atom is -0.324 e. The van der Waals surface area contributed by atoms with Crippen molar-refractivity contribution in [2.24, 2.45) is 7.05 Å². The van der Waals surface area contributed by atoms with E-state index in [1.807, 2.05) is 6.92 Å². The van der Waals surface area contributed by atoms with E-state index in [9.17, 15) is 9.59 Å². The van der Waals surface area contributed by atoms with Gasteiger partial charge in [0.1, 0.15) is 6.54 Å². The summed E-state index contributed by atoms with van der Waals surface area (Å²) in [4.78, 5) is 24.3. The molecule has 8 nitrogen and oxygen atoms in total. The number of aromatic nitrogens is 4. The van der Waals surface area contributed by atoms with Crippen LogP contribution in [0.5, 0.6) is 0 Å². The van der Waals surface area contributed by atoms with E-state index in [1.54, 1.807) is 59.1 Å². The number of carbonyl (C=O) groups is 2. The van der Waals surface area contributed by atoms with Crippen molar-refractivity contribution < 1.29 is 9.59 Å². The van der Waals surface area contributed by atoms with E-state index in [1.165, 1.54) is 0 Å². The average molecular weight is 417 g/mol. The van der Waals surface area contributed by atoms with E-state index in [2.05, 4.69) is 36.8 Å². The molecular formula is C17H17BrN6O2. The van der Waals surface area contributed by atoms with Crippen LogP contribution in [0.4, 0.5) is 11.4 Å². The first kappa shape index (κ1) is 17.9. The second-order valence-corrected chi connectivity index (χ2v) is 6.57. The van der Waals surface area contributed by atoms with Crippen molar-refractivity contribution in [3.05, 3.63) is 58.6 Å². The number of nitrogens with zero attached hydrogens (tertiary/aromatic N) is 4. The molecule has 0 spiro atoms. The molecular weight excluding hydrogens is 400 g/mol. The highest BCUT2D eigenvalue weighted by atomic mass is 79.9. The summed E-state index contributed by atoms with van der Waals surface area (Å²) in [7, 11) is 1.74. The Balaban J connectivity index is 1.63. The Hall–Kier alpha value is -2.94. The van der Waals surface area contributed by atoms with Crippen LogP contribution in [0.25, 0.3) is 0 Å². The van der Waals surface area contributed by atoms with Crippen LogP contribution in [0.3, 0.4) is 0 Å². The van der Waals surface area contributed by atoms with Crippen molar-refractivity contribution in [1.29, 1.82) is 0 Å². The molecule has 0 fully saturated rings. The first-order valence-corrected chi connectivity index (χ1v) is 8.60. The molecule has 0 bridgehead atoms. The lowest BCUT2D eigenvalue weighted by molar-refractivity contribution is -0.116. The van der Waals surface area contributed by atoms with Crippen molar-refractivity contribution >= 4 is 39.1 Å². The molecule has 3 aromatic rings. The van der Waals surface area contributed by atoms with Gasteiger partial charge in [0.15, 0.2) is 5.69 Å². The Morgan fingerprint density at radius 1 is 1.15 bits per heavy atom. The van der Waals surface area contributed by atoms with Gasteiger partial charge in [-0.25, -0.2) is 0 Å². The van der Waals surface area contributed by atoms with Crippen molar-refractivity contribution in [1.82, 2.24) is 19.6 Å². The molecule has 0 radical (unpaired) electrons. The Labute approximate surface area is 158 Å². The monoisotopic (exact) mass is 416 g/mol. The van der Waals surface area contributed by atoms with Gasteiger partial charge in [0.05, 0.1) is 10.2 Å². The van der Waals surface area contributed by atoms with Crippen LogP contribution in [-0.4, -0.2) is 31.4 Å². The molecule has 2 N–H and O–H groups in total. The van der Waals surface area contributed by atoms with Crippen LogP contribution in [0, 0.1) is 6.92 Å². The maximum atomic E-state index is 12.2. The van der Waals surface area contributed by atoms with E-state index in [4.69, 9.17) is 0 Å². The summed E-state index contributed by atoms with van der Waals surface area (Å²) in [6, 6.07) is 8.55. The van der Waals surface area contributed by atoms with Gasteiger partial charge < -0.3 is 10.6 Å². The van der Waals surface area contributed by atoms with Gasteiger partial charge in [-0.05, 0) is 47.1 Å². The van der Waals surface area contributed by atoms with E-state index in [0.717, 1.165) is 10.2 Å². The maximum absolute atomic E-state index is 12.2.